The summed E-state index contributed by atoms with van der Waals surface area (Å²) in [5.74, 6) is 1.35. The monoisotopic (exact) mass is 376 g/mol. The summed E-state index contributed by atoms with van der Waals surface area (Å²) in [6.07, 6.45) is 0. The molecule has 0 radical (unpaired) electrons. The minimum absolute atomic E-state index is 0.329. The molecule has 0 aliphatic heterocycles. The van der Waals surface area contributed by atoms with E-state index in [4.69, 9.17) is 0 Å². The van der Waals surface area contributed by atoms with E-state index in [9.17, 15) is 30.3 Å². The van der Waals surface area contributed by atoms with E-state index in [1.165, 1.54) is 27.8 Å². The topological polar surface area (TPSA) is 20.2 Å². The van der Waals surface area contributed by atoms with Crippen molar-refractivity contribution in [2.75, 3.05) is 0 Å². The molecule has 0 saturated heterocycles. The second-order valence-corrected chi connectivity index (χ2v) is 7.78. The molecule has 0 saturated carbocycles. The fourth-order valence-corrected chi connectivity index (χ4v) is 2.59. The molecule has 0 aliphatic rings. The Morgan fingerprint density at radius 2 is 1.35 bits per heavy atom. The van der Waals surface area contributed by atoms with Crippen LogP contribution in [0.5, 0.6) is 5.75 Å². The molecule has 0 bridgehead atoms. The maximum absolute atomic E-state index is 10.7. The summed E-state index contributed by atoms with van der Waals surface area (Å²) < 4.78 is 59.2. The van der Waals surface area contributed by atoms with E-state index in [0.717, 1.165) is 5.75 Å². The molecule has 0 unspecified atom stereocenters. The van der Waals surface area contributed by atoms with Crippen molar-refractivity contribution >= 4 is 19.6 Å². The van der Waals surface area contributed by atoms with Gasteiger partial charge in [-0.1, -0.05) is 24.3 Å². The molecule has 0 aromatic heterocycles. The Bertz CT molecular complexity index is 643. The summed E-state index contributed by atoms with van der Waals surface area (Å²) in [5, 5.41) is 9.18. The first-order chi connectivity index (χ1) is 10.2. The third-order valence-corrected chi connectivity index (χ3v) is 3.71. The van der Waals surface area contributed by atoms with E-state index < -0.39 is 7.81 Å². The predicted octanol–water partition coefficient (Wildman–Crippen LogP) is 6.46. The average Bonchev–Trinajstić information content (AvgIpc) is 2.36. The van der Waals surface area contributed by atoms with E-state index in [2.05, 4.69) is 31.2 Å². The Labute approximate surface area is 133 Å². The van der Waals surface area contributed by atoms with Gasteiger partial charge in [0.05, 0.1) is 0 Å². The number of aryl methyl sites for hydroxylation is 1. The van der Waals surface area contributed by atoms with Crippen molar-refractivity contribution in [3.05, 3.63) is 59.7 Å². The number of phenolic OH excluding ortho intramolecular Hbond substituents is 1. The van der Waals surface area contributed by atoms with Gasteiger partial charge < -0.3 is 5.11 Å². The van der Waals surface area contributed by atoms with Crippen LogP contribution in [0.2, 0.25) is 0 Å². The first-order valence-corrected chi connectivity index (χ1v) is 9.39. The number of thiol groups is 1. The molecule has 0 atom stereocenters. The molecule has 23 heavy (non-hydrogen) atoms. The van der Waals surface area contributed by atoms with Crippen LogP contribution >= 0.6 is 7.81 Å². The summed E-state index contributed by atoms with van der Waals surface area (Å²) >= 11 is 1.27. The zero-order chi connectivity index (χ0) is 17.8. The molecule has 0 amide bonds. The van der Waals surface area contributed by atoms with Crippen molar-refractivity contribution in [1.82, 2.24) is 0 Å². The standard InChI is InChI=1S/C14H14OS.F6P/c1-11-4-2-3-5-12(11)10-16-14-8-6-13(15)7-9-14;1-7(2,3,4,5)6/h2-9,15H,10H2,1H3;/q;-1/p+1. The van der Waals surface area contributed by atoms with Gasteiger partial charge in [0.2, 0.25) is 0 Å². The molecule has 1 N–H and O–H groups in total. The first kappa shape index (κ1) is 19.6. The number of hydrogen-bond donors (Lipinski definition) is 1. The van der Waals surface area contributed by atoms with Crippen molar-refractivity contribution in [2.24, 2.45) is 0 Å². The Kier molecular flexibility index (Phi) is 5.33. The van der Waals surface area contributed by atoms with E-state index in [0.29, 0.717) is 5.75 Å². The van der Waals surface area contributed by atoms with Gasteiger partial charge in [0, 0.05) is 17.3 Å². The van der Waals surface area contributed by atoms with Crippen LogP contribution in [0.15, 0.2) is 53.4 Å². The molecule has 0 aliphatic carbocycles. The van der Waals surface area contributed by atoms with E-state index in [1.807, 2.05) is 12.1 Å². The molecule has 9 heteroatoms. The number of phenols is 1. The molecular weight excluding hydrogens is 361 g/mol. The quantitative estimate of drug-likeness (QED) is 0.282. The Balaban J connectivity index is 0.000000322. The van der Waals surface area contributed by atoms with Crippen LogP contribution in [-0.4, -0.2) is 5.11 Å². The van der Waals surface area contributed by atoms with Crippen molar-refractivity contribution in [3.63, 3.8) is 0 Å². The van der Waals surface area contributed by atoms with Crippen LogP contribution in [0, 0.1) is 6.92 Å². The molecule has 0 spiro atoms. The number of rotatable bonds is 3. The first-order valence-electron chi connectivity index (χ1n) is 6.28. The van der Waals surface area contributed by atoms with Gasteiger partial charge in [0.1, 0.15) is 11.5 Å². The molecule has 1 nitrogen and oxygen atoms in total. The maximum atomic E-state index is 9.87. The van der Waals surface area contributed by atoms with E-state index in [1.54, 1.807) is 12.1 Å². The Morgan fingerprint density at radius 1 is 0.870 bits per heavy atom. The summed E-state index contributed by atoms with van der Waals surface area (Å²) in [5.41, 5.74) is 2.73. The van der Waals surface area contributed by atoms with E-state index in [-0.39, 0.29) is 0 Å². The fraction of sp³-hybridized carbons (Fsp3) is 0.143. The Hall–Kier alpha value is -1.40. The zero-order valence-corrected chi connectivity index (χ0v) is 13.7. The van der Waals surface area contributed by atoms with Gasteiger partial charge in [0.15, 0.2) is 4.90 Å². The molecule has 0 fully saturated rings. The van der Waals surface area contributed by atoms with Gasteiger partial charge in [-0.25, -0.2) is 0 Å². The molecule has 0 heterocycles. The molecule has 2 aromatic rings. The molecular formula is C14H15F6OPS. The molecule has 2 aromatic carbocycles. The second kappa shape index (κ2) is 6.24. The van der Waals surface area contributed by atoms with Crippen LogP contribution in [0.4, 0.5) is 25.2 Å². The third kappa shape index (κ3) is 11.8. The van der Waals surface area contributed by atoms with Crippen LogP contribution in [0.25, 0.3) is 0 Å². The van der Waals surface area contributed by atoms with Crippen molar-refractivity contribution in [3.8, 4) is 5.75 Å². The van der Waals surface area contributed by atoms with E-state index >= 15 is 0 Å². The summed E-state index contributed by atoms with van der Waals surface area (Å²) in [7, 11) is -10.7. The molecule has 2 rings (SSSR count). The minimum atomic E-state index is -10.7. The van der Waals surface area contributed by atoms with Crippen molar-refractivity contribution < 1.29 is 30.3 Å². The van der Waals surface area contributed by atoms with Crippen LogP contribution in [0.3, 0.4) is 0 Å². The van der Waals surface area contributed by atoms with Crippen LogP contribution in [-0.2, 0) is 17.5 Å². The molecule has 130 valence electrons. The van der Waals surface area contributed by atoms with Gasteiger partial charge in [-0.2, -0.15) is 0 Å². The fourth-order valence-electron chi connectivity index (χ4n) is 1.52. The summed E-state index contributed by atoms with van der Waals surface area (Å²) in [6, 6.07) is 15.9. The van der Waals surface area contributed by atoms with Gasteiger partial charge in [0.25, 0.3) is 0 Å². The summed E-state index contributed by atoms with van der Waals surface area (Å²) in [4.78, 5) is 1.24. The number of aromatic hydroxyl groups is 1. The summed E-state index contributed by atoms with van der Waals surface area (Å²) in [6.45, 7) is 2.14. The van der Waals surface area contributed by atoms with Crippen molar-refractivity contribution in [2.45, 2.75) is 17.6 Å². The second-order valence-electron chi connectivity index (χ2n) is 4.72. The van der Waals surface area contributed by atoms with Gasteiger partial charge in [-0.15, -0.1) is 0 Å². The third-order valence-electron chi connectivity index (χ3n) is 2.54. The predicted molar refractivity (Wildman–Crippen MR) is 83.6 cm³/mol. The van der Waals surface area contributed by atoms with Crippen molar-refractivity contribution in [1.29, 1.82) is 0 Å². The number of hydrogen-bond acceptors (Lipinski definition) is 1. The van der Waals surface area contributed by atoms with Crippen LogP contribution in [0.1, 0.15) is 11.1 Å². The number of halogens is 6. The normalized spacial score (nSPS) is 14.2. The SMILES string of the molecule is Cc1ccccc1C[SH+]c1ccc(O)cc1.F[P-](F)(F)(F)(F)F. The van der Waals surface area contributed by atoms with Gasteiger partial charge >= 0.3 is 33.0 Å². The number of benzene rings is 2. The Morgan fingerprint density at radius 3 is 1.83 bits per heavy atom. The van der Waals surface area contributed by atoms with Crippen LogP contribution < -0.4 is 0 Å². The van der Waals surface area contributed by atoms with Gasteiger partial charge in [-0.3, -0.25) is 0 Å². The zero-order valence-electron chi connectivity index (χ0n) is 11.9. The van der Waals surface area contributed by atoms with Gasteiger partial charge in [-0.05, 0) is 36.8 Å². The average molecular weight is 376 g/mol.